The van der Waals surface area contributed by atoms with Gasteiger partial charge in [-0.1, -0.05) is 19.1 Å². The minimum atomic E-state index is -0.0177. The normalized spacial score (nSPS) is 10.9. The largest absolute Gasteiger partial charge is 0.494 e. The third-order valence-corrected chi connectivity index (χ3v) is 4.57. The molecule has 0 fully saturated rings. The number of fused-ring (bicyclic) bond motifs is 1. The van der Waals surface area contributed by atoms with Crippen molar-refractivity contribution in [1.29, 1.82) is 0 Å². The number of nitrogens with one attached hydrogen (secondary N) is 1. The number of hydrogen-bond donors (Lipinski definition) is 1. The highest BCUT2D eigenvalue weighted by atomic mass is 16.5. The molecule has 1 heterocycles. The van der Waals surface area contributed by atoms with Gasteiger partial charge in [0.25, 0.3) is 0 Å². The molecule has 26 heavy (non-hydrogen) atoms. The quantitative estimate of drug-likeness (QED) is 0.670. The molecule has 0 saturated carbocycles. The van der Waals surface area contributed by atoms with Gasteiger partial charge in [-0.15, -0.1) is 0 Å². The highest BCUT2D eigenvalue weighted by molar-refractivity contribution is 5.99. The van der Waals surface area contributed by atoms with Gasteiger partial charge in [-0.3, -0.25) is 9.59 Å². The first kappa shape index (κ1) is 17.9. The van der Waals surface area contributed by atoms with Crippen LogP contribution in [0.25, 0.3) is 10.9 Å². The molecule has 3 aromatic rings. The summed E-state index contributed by atoms with van der Waals surface area (Å²) in [7, 11) is 0. The fourth-order valence-corrected chi connectivity index (χ4v) is 3.12. The van der Waals surface area contributed by atoms with E-state index in [2.05, 4.69) is 4.98 Å². The molecule has 1 N–H and O–H groups in total. The monoisotopic (exact) mass is 349 g/mol. The first-order valence-corrected chi connectivity index (χ1v) is 8.94. The third kappa shape index (κ3) is 3.54. The van der Waals surface area contributed by atoms with Crippen molar-refractivity contribution in [1.82, 2.24) is 4.98 Å². The second kappa shape index (κ2) is 7.56. The fraction of sp³-hybridized carbons (Fsp3) is 0.273. The molecule has 4 nitrogen and oxygen atoms in total. The van der Waals surface area contributed by atoms with Crippen molar-refractivity contribution in [2.75, 3.05) is 6.61 Å². The van der Waals surface area contributed by atoms with E-state index in [0.717, 1.165) is 28.1 Å². The van der Waals surface area contributed by atoms with Crippen LogP contribution < -0.4 is 10.2 Å². The van der Waals surface area contributed by atoms with Crippen LogP contribution in [0.3, 0.4) is 0 Å². The van der Waals surface area contributed by atoms with E-state index in [-0.39, 0.29) is 11.2 Å². The summed E-state index contributed by atoms with van der Waals surface area (Å²) in [5, 5.41) is 0.566. The molecular weight excluding hydrogens is 326 g/mol. The van der Waals surface area contributed by atoms with Crippen LogP contribution in [-0.4, -0.2) is 17.4 Å². The van der Waals surface area contributed by atoms with Crippen LogP contribution in [0.15, 0.2) is 47.3 Å². The Morgan fingerprint density at radius 1 is 1.08 bits per heavy atom. The van der Waals surface area contributed by atoms with Gasteiger partial charge in [0.1, 0.15) is 5.75 Å². The molecule has 0 saturated heterocycles. The van der Waals surface area contributed by atoms with Gasteiger partial charge in [0.15, 0.2) is 11.2 Å². The van der Waals surface area contributed by atoms with Gasteiger partial charge in [-0.05, 0) is 49.7 Å². The van der Waals surface area contributed by atoms with Gasteiger partial charge < -0.3 is 9.72 Å². The number of Topliss-reactive ketones (excluding diaryl/α,β-unsaturated/α-hetero) is 1. The highest BCUT2D eigenvalue weighted by Gasteiger charge is 2.12. The van der Waals surface area contributed by atoms with Crippen molar-refractivity contribution in [3.63, 3.8) is 0 Å². The second-order valence-electron chi connectivity index (χ2n) is 6.35. The molecule has 4 heteroatoms. The fourth-order valence-electron chi connectivity index (χ4n) is 3.12. The number of ether oxygens (including phenoxy) is 1. The molecule has 0 aliphatic heterocycles. The molecule has 0 bridgehead atoms. The van der Waals surface area contributed by atoms with Crippen molar-refractivity contribution >= 4 is 16.7 Å². The first-order valence-electron chi connectivity index (χ1n) is 8.94. The zero-order valence-electron chi connectivity index (χ0n) is 15.4. The van der Waals surface area contributed by atoms with E-state index in [1.54, 1.807) is 12.1 Å². The predicted molar refractivity (Wildman–Crippen MR) is 104 cm³/mol. The minimum Gasteiger partial charge on any atom is -0.494 e. The number of hydrogen-bond acceptors (Lipinski definition) is 3. The molecule has 0 unspecified atom stereocenters. The van der Waals surface area contributed by atoms with Gasteiger partial charge in [0.05, 0.1) is 6.61 Å². The minimum absolute atomic E-state index is 0.0177. The highest BCUT2D eigenvalue weighted by Crippen LogP contribution is 2.18. The molecule has 0 aliphatic carbocycles. The summed E-state index contributed by atoms with van der Waals surface area (Å²) in [4.78, 5) is 28.3. The Hall–Kier alpha value is -2.88. The summed E-state index contributed by atoms with van der Waals surface area (Å²) in [6, 6.07) is 13.1. The van der Waals surface area contributed by atoms with Crippen LogP contribution >= 0.6 is 0 Å². The first-order chi connectivity index (χ1) is 12.5. The Morgan fingerprint density at radius 2 is 1.81 bits per heavy atom. The summed E-state index contributed by atoms with van der Waals surface area (Å²) >= 11 is 0. The van der Waals surface area contributed by atoms with E-state index in [4.69, 9.17) is 4.74 Å². The maximum atomic E-state index is 13.0. The number of carbonyl (C=O) groups excluding carboxylic acids is 1. The van der Waals surface area contributed by atoms with Crippen molar-refractivity contribution in [2.24, 2.45) is 0 Å². The van der Waals surface area contributed by atoms with Crippen LogP contribution in [0.1, 0.15) is 47.4 Å². The summed E-state index contributed by atoms with van der Waals surface area (Å²) in [6.45, 7) is 6.31. The molecule has 0 atom stereocenters. The second-order valence-corrected chi connectivity index (χ2v) is 6.35. The van der Waals surface area contributed by atoms with E-state index < -0.39 is 0 Å². The Bertz CT molecular complexity index is 1000. The van der Waals surface area contributed by atoms with E-state index in [0.29, 0.717) is 30.4 Å². The number of aromatic amines is 1. The Labute approximate surface area is 152 Å². The number of H-pyrrole nitrogens is 1. The number of carbonyl (C=O) groups is 1. The van der Waals surface area contributed by atoms with Crippen molar-refractivity contribution < 1.29 is 9.53 Å². The van der Waals surface area contributed by atoms with Crippen LogP contribution in [0.2, 0.25) is 0 Å². The third-order valence-electron chi connectivity index (χ3n) is 4.57. The number of ketones is 1. The lowest BCUT2D eigenvalue weighted by Gasteiger charge is -2.10. The average Bonchev–Trinajstić information content (AvgIpc) is 2.66. The summed E-state index contributed by atoms with van der Waals surface area (Å²) in [5.74, 6) is 0.864. The molecule has 1 aromatic heterocycles. The summed E-state index contributed by atoms with van der Waals surface area (Å²) in [5.41, 5.74) is 3.95. The van der Waals surface area contributed by atoms with Gasteiger partial charge in [0, 0.05) is 40.6 Å². The van der Waals surface area contributed by atoms with Crippen molar-refractivity contribution in [2.45, 2.75) is 33.6 Å². The van der Waals surface area contributed by atoms with E-state index >= 15 is 0 Å². The van der Waals surface area contributed by atoms with Crippen LogP contribution in [0.4, 0.5) is 0 Å². The lowest BCUT2D eigenvalue weighted by Crippen LogP contribution is -2.14. The zero-order valence-corrected chi connectivity index (χ0v) is 15.4. The molecule has 0 amide bonds. The number of pyridine rings is 1. The molecule has 3 rings (SSSR count). The maximum absolute atomic E-state index is 13.0. The van der Waals surface area contributed by atoms with Crippen LogP contribution in [0, 0.1) is 6.92 Å². The SMILES string of the molecule is CCOc1ccc(Cc2c(C)[nH]c3ccc(C(=O)CC)cc3c2=O)cc1. The summed E-state index contributed by atoms with van der Waals surface area (Å²) in [6.07, 6.45) is 0.962. The van der Waals surface area contributed by atoms with Gasteiger partial charge >= 0.3 is 0 Å². The lowest BCUT2D eigenvalue weighted by molar-refractivity contribution is 0.0988. The average molecular weight is 349 g/mol. The number of aromatic nitrogens is 1. The van der Waals surface area contributed by atoms with Crippen molar-refractivity contribution in [3.8, 4) is 5.75 Å². The van der Waals surface area contributed by atoms with Gasteiger partial charge in [-0.25, -0.2) is 0 Å². The molecule has 2 aromatic carbocycles. The molecular formula is C22H23NO3. The number of benzene rings is 2. The van der Waals surface area contributed by atoms with Crippen molar-refractivity contribution in [3.05, 3.63) is 75.1 Å². The summed E-state index contributed by atoms with van der Waals surface area (Å²) < 4.78 is 5.46. The Balaban J connectivity index is 2.02. The van der Waals surface area contributed by atoms with Crippen LogP contribution in [-0.2, 0) is 6.42 Å². The molecule has 134 valence electrons. The van der Waals surface area contributed by atoms with E-state index in [9.17, 15) is 9.59 Å². The predicted octanol–water partition coefficient (Wildman–Crippen LogP) is 4.42. The molecule has 0 spiro atoms. The zero-order chi connectivity index (χ0) is 18.7. The Morgan fingerprint density at radius 3 is 2.46 bits per heavy atom. The van der Waals surface area contributed by atoms with Gasteiger partial charge in [-0.2, -0.15) is 0 Å². The maximum Gasteiger partial charge on any atom is 0.193 e. The topological polar surface area (TPSA) is 59.2 Å². The molecule has 0 radical (unpaired) electrons. The lowest BCUT2D eigenvalue weighted by atomic mass is 9.99. The number of rotatable bonds is 6. The van der Waals surface area contributed by atoms with Gasteiger partial charge in [0.2, 0.25) is 0 Å². The standard InChI is InChI=1S/C22H23NO3/c1-4-21(24)16-8-11-20-19(13-16)22(25)18(14(3)23-20)12-15-6-9-17(10-7-15)26-5-2/h6-11,13H,4-5,12H2,1-3H3,(H,23,25). The smallest absolute Gasteiger partial charge is 0.193 e. The van der Waals surface area contributed by atoms with Crippen LogP contribution in [0.5, 0.6) is 5.75 Å². The van der Waals surface area contributed by atoms with E-state index in [1.807, 2.05) is 51.1 Å². The number of aryl methyl sites for hydroxylation is 1. The Kier molecular flexibility index (Phi) is 5.21. The molecule has 0 aliphatic rings. The van der Waals surface area contributed by atoms with E-state index in [1.165, 1.54) is 0 Å².